The Balaban J connectivity index is 0.00000147. The second kappa shape index (κ2) is 16.6. The second-order valence-corrected chi connectivity index (χ2v) is 10.9. The zero-order chi connectivity index (χ0) is 29.6. The van der Waals surface area contributed by atoms with E-state index in [1.807, 2.05) is 37.4 Å². The maximum absolute atomic E-state index is 14.1. The summed E-state index contributed by atoms with van der Waals surface area (Å²) in [5, 5.41) is 0. The molecule has 1 fully saturated rings. The van der Waals surface area contributed by atoms with Crippen molar-refractivity contribution in [3.05, 3.63) is 84.6 Å². The average Bonchev–Trinajstić information content (AvgIpc) is 2.95. The Labute approximate surface area is 245 Å². The number of aryl methyl sites for hydroxylation is 2. The van der Waals surface area contributed by atoms with Crippen molar-refractivity contribution in [2.75, 3.05) is 40.0 Å². The van der Waals surface area contributed by atoms with E-state index in [0.717, 1.165) is 66.2 Å². The molecule has 1 aliphatic heterocycles. The largest absolute Gasteiger partial charge is 0.494 e. The average molecular weight is 564 g/mol. The third kappa shape index (κ3) is 10.7. The second-order valence-electron chi connectivity index (χ2n) is 10.9. The third-order valence-electron chi connectivity index (χ3n) is 6.90. The molecule has 0 spiro atoms. The summed E-state index contributed by atoms with van der Waals surface area (Å²) in [4.78, 5) is 7.09. The number of nitrogens with two attached hydrogens (primary N) is 1. The smallest absolute Gasteiger partial charge is 0.130 e. The highest BCUT2D eigenvalue weighted by Gasteiger charge is 2.18. The Morgan fingerprint density at radius 3 is 2.44 bits per heavy atom. The minimum absolute atomic E-state index is 0.271. The molecule has 0 saturated carbocycles. The summed E-state index contributed by atoms with van der Waals surface area (Å²) < 4.78 is 32.0. The van der Waals surface area contributed by atoms with Crippen LogP contribution >= 0.6 is 0 Å². The molecule has 0 bridgehead atoms. The van der Waals surface area contributed by atoms with E-state index < -0.39 is 0 Å². The standard InChI is InChI=1S/C32H41FN2O3.C2H5N/c1-5-36-29-10-11-31(32(19-29)38-22-24-12-14-35(4)15-13-24)26-7-9-28(34-20-26)8-6-25-16-27(33)18-30(17-25)37-21-23(2)3;1-2-3/h7,9-11,16-20,23-24H,5-6,8,12-15,21-22H2,1-4H3;2H,1,3H2. The van der Waals surface area contributed by atoms with Gasteiger partial charge in [0.1, 0.15) is 23.1 Å². The van der Waals surface area contributed by atoms with Gasteiger partial charge in [0.25, 0.3) is 0 Å². The highest BCUT2D eigenvalue weighted by atomic mass is 19.1. The maximum Gasteiger partial charge on any atom is 0.130 e. The summed E-state index contributed by atoms with van der Waals surface area (Å²) in [6, 6.07) is 15.1. The van der Waals surface area contributed by atoms with Crippen molar-refractivity contribution in [1.29, 1.82) is 0 Å². The number of ether oxygens (including phenoxy) is 3. The molecule has 41 heavy (non-hydrogen) atoms. The fraction of sp³-hybridized carbons (Fsp3) is 0.441. The number of hydrogen-bond acceptors (Lipinski definition) is 6. The molecule has 222 valence electrons. The lowest BCUT2D eigenvalue weighted by Gasteiger charge is -2.29. The van der Waals surface area contributed by atoms with Gasteiger partial charge in [0, 0.05) is 35.2 Å². The number of benzene rings is 2. The number of rotatable bonds is 12. The van der Waals surface area contributed by atoms with E-state index >= 15 is 0 Å². The Hall–Kier alpha value is -3.58. The molecule has 1 aromatic heterocycles. The molecule has 0 radical (unpaired) electrons. The molecule has 1 saturated heterocycles. The zero-order valence-corrected chi connectivity index (χ0v) is 25.1. The van der Waals surface area contributed by atoms with Crippen LogP contribution in [0.5, 0.6) is 17.2 Å². The van der Waals surface area contributed by atoms with Crippen molar-refractivity contribution >= 4 is 0 Å². The van der Waals surface area contributed by atoms with Crippen molar-refractivity contribution < 1.29 is 18.6 Å². The molecule has 2 heterocycles. The van der Waals surface area contributed by atoms with E-state index in [9.17, 15) is 4.39 Å². The Kier molecular flexibility index (Phi) is 13.0. The van der Waals surface area contributed by atoms with Crippen molar-refractivity contribution in [2.45, 2.75) is 46.5 Å². The molecule has 4 rings (SSSR count). The molecule has 3 aromatic rings. The molecule has 1 aliphatic rings. The van der Waals surface area contributed by atoms with Gasteiger partial charge in [-0.2, -0.15) is 0 Å². The lowest BCUT2D eigenvalue weighted by atomic mass is 9.98. The van der Waals surface area contributed by atoms with E-state index in [2.05, 4.69) is 50.2 Å². The van der Waals surface area contributed by atoms with Gasteiger partial charge in [0.15, 0.2) is 0 Å². The predicted octanol–water partition coefficient (Wildman–Crippen LogP) is 6.92. The van der Waals surface area contributed by atoms with E-state index in [4.69, 9.17) is 19.2 Å². The van der Waals surface area contributed by atoms with Gasteiger partial charge < -0.3 is 24.8 Å². The minimum Gasteiger partial charge on any atom is -0.494 e. The number of halogens is 1. The summed E-state index contributed by atoms with van der Waals surface area (Å²) in [7, 11) is 2.18. The van der Waals surface area contributed by atoms with Crippen LogP contribution < -0.4 is 19.9 Å². The van der Waals surface area contributed by atoms with Crippen LogP contribution in [0, 0.1) is 17.7 Å². The van der Waals surface area contributed by atoms with Gasteiger partial charge in [-0.1, -0.05) is 26.5 Å². The Morgan fingerprint density at radius 1 is 1.02 bits per heavy atom. The molecule has 2 N–H and O–H groups in total. The van der Waals surface area contributed by atoms with Crippen LogP contribution in [0.4, 0.5) is 4.39 Å². The summed E-state index contributed by atoms with van der Waals surface area (Å²) >= 11 is 0. The Bertz CT molecular complexity index is 1210. The van der Waals surface area contributed by atoms with Gasteiger partial charge in [0.05, 0.1) is 19.8 Å². The quantitative estimate of drug-likeness (QED) is 0.258. The summed E-state index contributed by atoms with van der Waals surface area (Å²) in [5.74, 6) is 2.91. The highest BCUT2D eigenvalue weighted by molar-refractivity contribution is 5.71. The molecule has 7 heteroatoms. The van der Waals surface area contributed by atoms with Gasteiger partial charge in [-0.25, -0.2) is 4.39 Å². The van der Waals surface area contributed by atoms with E-state index in [1.54, 1.807) is 6.07 Å². The van der Waals surface area contributed by atoms with Crippen LogP contribution in [0.3, 0.4) is 0 Å². The SMILES string of the molecule is C=CN.CCOc1ccc(-c2ccc(CCc3cc(F)cc(OCC(C)C)c3)nc2)c(OCC2CCN(C)CC2)c1. The van der Waals surface area contributed by atoms with Gasteiger partial charge >= 0.3 is 0 Å². The fourth-order valence-electron chi connectivity index (χ4n) is 4.67. The van der Waals surface area contributed by atoms with Crippen molar-refractivity contribution in [1.82, 2.24) is 9.88 Å². The number of aromatic nitrogens is 1. The third-order valence-corrected chi connectivity index (χ3v) is 6.90. The molecule has 0 atom stereocenters. The van der Waals surface area contributed by atoms with Gasteiger partial charge in [-0.05, 0) is 107 Å². The van der Waals surface area contributed by atoms with Gasteiger partial charge in [-0.15, -0.1) is 0 Å². The van der Waals surface area contributed by atoms with E-state index in [-0.39, 0.29) is 5.82 Å². The van der Waals surface area contributed by atoms with E-state index in [1.165, 1.54) is 12.3 Å². The van der Waals surface area contributed by atoms with Crippen LogP contribution in [0.1, 0.15) is 44.9 Å². The van der Waals surface area contributed by atoms with Crippen LogP contribution in [-0.2, 0) is 12.8 Å². The van der Waals surface area contributed by atoms with Crippen LogP contribution in [0.25, 0.3) is 11.1 Å². The molecular weight excluding hydrogens is 517 g/mol. The molecular formula is C34H46FN3O3. The summed E-state index contributed by atoms with van der Waals surface area (Å²) in [6.45, 7) is 13.4. The zero-order valence-electron chi connectivity index (χ0n) is 25.1. The van der Waals surface area contributed by atoms with Crippen molar-refractivity contribution in [3.63, 3.8) is 0 Å². The van der Waals surface area contributed by atoms with Crippen molar-refractivity contribution in [3.8, 4) is 28.4 Å². The molecule has 2 aromatic carbocycles. The molecule has 0 amide bonds. The maximum atomic E-state index is 14.1. The molecule has 6 nitrogen and oxygen atoms in total. The summed E-state index contributed by atoms with van der Waals surface area (Å²) in [6.07, 6.45) is 6.87. The predicted molar refractivity (Wildman–Crippen MR) is 165 cm³/mol. The van der Waals surface area contributed by atoms with Crippen molar-refractivity contribution in [2.24, 2.45) is 17.6 Å². The number of pyridine rings is 1. The number of nitrogens with zero attached hydrogens (tertiary/aromatic N) is 2. The first-order valence-electron chi connectivity index (χ1n) is 14.6. The van der Waals surface area contributed by atoms with Crippen LogP contribution in [-0.4, -0.2) is 49.8 Å². The van der Waals surface area contributed by atoms with Gasteiger partial charge in [0.2, 0.25) is 0 Å². The first-order chi connectivity index (χ1) is 19.8. The number of likely N-dealkylation sites (tertiary alicyclic amines) is 1. The first kappa shape index (κ1) is 31.9. The van der Waals surface area contributed by atoms with Crippen LogP contribution in [0.15, 0.2) is 67.5 Å². The van der Waals surface area contributed by atoms with E-state index in [0.29, 0.717) is 43.8 Å². The lowest BCUT2D eigenvalue weighted by molar-refractivity contribution is 0.160. The minimum atomic E-state index is -0.271. The van der Waals surface area contributed by atoms with Gasteiger partial charge in [-0.3, -0.25) is 4.98 Å². The first-order valence-corrected chi connectivity index (χ1v) is 14.6. The number of piperidine rings is 1. The molecule has 0 unspecified atom stereocenters. The lowest BCUT2D eigenvalue weighted by Crippen LogP contribution is -2.32. The van der Waals surface area contributed by atoms with Crippen LogP contribution in [0.2, 0.25) is 0 Å². The number of hydrogen-bond donors (Lipinski definition) is 1. The monoisotopic (exact) mass is 563 g/mol. The molecule has 0 aliphatic carbocycles. The topological polar surface area (TPSA) is 69.8 Å². The Morgan fingerprint density at radius 2 is 1.78 bits per heavy atom. The normalized spacial score (nSPS) is 13.8. The highest BCUT2D eigenvalue weighted by Crippen LogP contribution is 2.34. The summed E-state index contributed by atoms with van der Waals surface area (Å²) in [5.41, 5.74) is 8.50. The fourth-order valence-corrected chi connectivity index (χ4v) is 4.67.